The van der Waals surface area contributed by atoms with E-state index in [2.05, 4.69) is 4.98 Å². The molecule has 7 heteroatoms. The number of amides is 2. The van der Waals surface area contributed by atoms with Crippen LogP contribution in [0.15, 0.2) is 67.0 Å². The molecular formula is C21H12N2O5. The molecule has 4 rings (SSSR count). The molecule has 0 fully saturated rings. The number of anilines is 1. The van der Waals surface area contributed by atoms with E-state index in [1.807, 2.05) is 0 Å². The van der Waals surface area contributed by atoms with Gasteiger partial charge in [0.25, 0.3) is 11.8 Å². The highest BCUT2D eigenvalue weighted by Gasteiger charge is 2.37. The highest BCUT2D eigenvalue weighted by Crippen LogP contribution is 2.29. The molecule has 7 nitrogen and oxygen atoms in total. The summed E-state index contributed by atoms with van der Waals surface area (Å²) in [6, 6.07) is 13.1. The number of hydrogen-bond acceptors (Lipinski definition) is 5. The van der Waals surface area contributed by atoms with Crippen molar-refractivity contribution >= 4 is 29.3 Å². The van der Waals surface area contributed by atoms with Crippen molar-refractivity contribution in [3.63, 3.8) is 0 Å². The summed E-state index contributed by atoms with van der Waals surface area (Å²) in [6.07, 6.45) is 2.94. The molecule has 2 amide bonds. The summed E-state index contributed by atoms with van der Waals surface area (Å²) in [6.45, 7) is 0. The second-order valence-corrected chi connectivity index (χ2v) is 6.13. The zero-order chi connectivity index (χ0) is 19.8. The highest BCUT2D eigenvalue weighted by molar-refractivity contribution is 6.34. The number of ketones is 1. The minimum absolute atomic E-state index is 0.0129. The Labute approximate surface area is 158 Å². The molecule has 0 spiro atoms. The van der Waals surface area contributed by atoms with Crippen molar-refractivity contribution in [2.24, 2.45) is 0 Å². The molecule has 2 heterocycles. The van der Waals surface area contributed by atoms with Crippen LogP contribution in [0.1, 0.15) is 47.0 Å². The molecule has 136 valence electrons. The Morgan fingerprint density at radius 2 is 1.54 bits per heavy atom. The van der Waals surface area contributed by atoms with E-state index in [4.69, 9.17) is 5.11 Å². The number of fused-ring (bicyclic) bond motifs is 1. The van der Waals surface area contributed by atoms with Gasteiger partial charge in [-0.25, -0.2) is 9.69 Å². The molecule has 0 bridgehead atoms. The number of rotatable bonds is 4. The number of carboxylic acid groups (broad SMARTS) is 1. The van der Waals surface area contributed by atoms with Crippen LogP contribution in [-0.4, -0.2) is 33.7 Å². The molecule has 0 aliphatic carbocycles. The zero-order valence-corrected chi connectivity index (χ0v) is 14.3. The summed E-state index contributed by atoms with van der Waals surface area (Å²) in [7, 11) is 0. The average molecular weight is 372 g/mol. The van der Waals surface area contributed by atoms with Gasteiger partial charge in [-0.2, -0.15) is 0 Å². The quantitative estimate of drug-likeness (QED) is 0.558. The van der Waals surface area contributed by atoms with Crippen molar-refractivity contribution in [1.29, 1.82) is 0 Å². The van der Waals surface area contributed by atoms with E-state index in [0.717, 1.165) is 4.90 Å². The number of carbonyl (C=O) groups is 4. The van der Waals surface area contributed by atoms with Crippen LogP contribution in [0.3, 0.4) is 0 Å². The predicted octanol–water partition coefficient (Wildman–Crippen LogP) is 2.81. The minimum Gasteiger partial charge on any atom is -0.478 e. The van der Waals surface area contributed by atoms with Crippen LogP contribution in [0.5, 0.6) is 0 Å². The second-order valence-electron chi connectivity index (χ2n) is 6.13. The Hall–Kier alpha value is -4.13. The number of carboxylic acids is 1. The first-order valence-electron chi connectivity index (χ1n) is 8.28. The molecule has 2 aromatic carbocycles. The first-order chi connectivity index (χ1) is 13.5. The maximum atomic E-state index is 12.8. The predicted molar refractivity (Wildman–Crippen MR) is 98.7 cm³/mol. The number of hydrogen-bond donors (Lipinski definition) is 1. The molecule has 1 N–H and O–H groups in total. The van der Waals surface area contributed by atoms with E-state index in [-0.39, 0.29) is 27.8 Å². The molecule has 1 aliphatic heterocycles. The van der Waals surface area contributed by atoms with Crippen LogP contribution in [0.25, 0.3) is 0 Å². The number of pyridine rings is 1. The van der Waals surface area contributed by atoms with Crippen LogP contribution in [0, 0.1) is 0 Å². The van der Waals surface area contributed by atoms with Crippen LogP contribution in [-0.2, 0) is 0 Å². The topological polar surface area (TPSA) is 105 Å². The van der Waals surface area contributed by atoms with E-state index in [1.54, 1.807) is 12.1 Å². The summed E-state index contributed by atoms with van der Waals surface area (Å²) in [5.41, 5.74) is 1.02. The third-order valence-corrected chi connectivity index (χ3v) is 4.42. The van der Waals surface area contributed by atoms with Crippen LogP contribution >= 0.6 is 0 Å². The van der Waals surface area contributed by atoms with E-state index < -0.39 is 23.6 Å². The molecule has 1 aromatic heterocycles. The number of carbonyl (C=O) groups excluding carboxylic acids is 3. The summed E-state index contributed by atoms with van der Waals surface area (Å²) >= 11 is 0. The first-order valence-corrected chi connectivity index (χ1v) is 8.28. The molecule has 0 saturated carbocycles. The lowest BCUT2D eigenvalue weighted by Crippen LogP contribution is -2.29. The average Bonchev–Trinajstić information content (AvgIpc) is 2.98. The van der Waals surface area contributed by atoms with Gasteiger partial charge in [0.1, 0.15) is 0 Å². The second kappa shape index (κ2) is 6.55. The molecule has 0 unspecified atom stereocenters. The van der Waals surface area contributed by atoms with Gasteiger partial charge in [-0.3, -0.25) is 19.4 Å². The number of aromatic nitrogens is 1. The van der Waals surface area contributed by atoms with Crippen molar-refractivity contribution in [3.05, 3.63) is 94.8 Å². The van der Waals surface area contributed by atoms with Crippen molar-refractivity contribution < 1.29 is 24.3 Å². The largest absolute Gasteiger partial charge is 0.478 e. The van der Waals surface area contributed by atoms with Gasteiger partial charge >= 0.3 is 5.97 Å². The summed E-state index contributed by atoms with van der Waals surface area (Å²) in [5.74, 6) is -2.61. The van der Waals surface area contributed by atoms with Gasteiger partial charge < -0.3 is 5.11 Å². The van der Waals surface area contributed by atoms with Gasteiger partial charge in [0, 0.05) is 17.3 Å². The maximum absolute atomic E-state index is 12.8. The summed E-state index contributed by atoms with van der Waals surface area (Å²) in [5, 5.41) is 9.09. The number of aromatic carboxylic acids is 1. The lowest BCUT2D eigenvalue weighted by molar-refractivity contribution is 0.0696. The fourth-order valence-corrected chi connectivity index (χ4v) is 3.06. The number of nitrogens with zero attached hydrogens (tertiary/aromatic N) is 2. The van der Waals surface area contributed by atoms with Crippen molar-refractivity contribution in [3.8, 4) is 0 Å². The molecular weight excluding hydrogens is 360 g/mol. The van der Waals surface area contributed by atoms with Crippen molar-refractivity contribution in [2.75, 3.05) is 4.90 Å². The zero-order valence-electron chi connectivity index (χ0n) is 14.3. The fourth-order valence-electron chi connectivity index (χ4n) is 3.06. The van der Waals surface area contributed by atoms with Gasteiger partial charge in [-0.1, -0.05) is 18.2 Å². The Morgan fingerprint density at radius 1 is 0.821 bits per heavy atom. The third-order valence-electron chi connectivity index (χ3n) is 4.42. The Morgan fingerprint density at radius 3 is 2.25 bits per heavy atom. The summed E-state index contributed by atoms with van der Waals surface area (Å²) in [4.78, 5) is 54.1. The van der Waals surface area contributed by atoms with E-state index in [0.29, 0.717) is 5.69 Å². The van der Waals surface area contributed by atoms with Crippen LogP contribution in [0.4, 0.5) is 5.69 Å². The molecule has 3 aromatic rings. The lowest BCUT2D eigenvalue weighted by atomic mass is 9.98. The standard InChI is InChI=1S/C21H12N2O5/c24-18(12-3-1-4-14(9-12)21(27)28)13-6-7-16-17(10-13)20(26)23(19(16)25)15-5-2-8-22-11-15/h1-11H,(H,27,28). The van der Waals surface area contributed by atoms with E-state index >= 15 is 0 Å². The van der Waals surface area contributed by atoms with Crippen LogP contribution in [0.2, 0.25) is 0 Å². The Balaban J connectivity index is 1.72. The molecule has 0 saturated heterocycles. The minimum atomic E-state index is -1.14. The summed E-state index contributed by atoms with van der Waals surface area (Å²) < 4.78 is 0. The highest BCUT2D eigenvalue weighted by atomic mass is 16.4. The van der Waals surface area contributed by atoms with Crippen molar-refractivity contribution in [2.45, 2.75) is 0 Å². The van der Waals surface area contributed by atoms with E-state index in [1.165, 1.54) is 54.9 Å². The van der Waals surface area contributed by atoms with Gasteiger partial charge in [-0.05, 0) is 36.4 Å². The molecule has 28 heavy (non-hydrogen) atoms. The first kappa shape index (κ1) is 17.3. The van der Waals surface area contributed by atoms with Gasteiger partial charge in [-0.15, -0.1) is 0 Å². The number of benzene rings is 2. The SMILES string of the molecule is O=C(O)c1cccc(C(=O)c2ccc3c(c2)C(=O)N(c2cccnc2)C3=O)c1. The van der Waals surface area contributed by atoms with E-state index in [9.17, 15) is 19.2 Å². The number of imide groups is 1. The Bertz CT molecular complexity index is 1150. The molecule has 1 aliphatic rings. The molecule has 0 radical (unpaired) electrons. The molecule has 0 atom stereocenters. The normalized spacial score (nSPS) is 12.8. The maximum Gasteiger partial charge on any atom is 0.335 e. The monoisotopic (exact) mass is 372 g/mol. The lowest BCUT2D eigenvalue weighted by Gasteiger charge is -2.12. The smallest absolute Gasteiger partial charge is 0.335 e. The Kier molecular flexibility index (Phi) is 4.04. The van der Waals surface area contributed by atoms with Gasteiger partial charge in [0.15, 0.2) is 5.78 Å². The van der Waals surface area contributed by atoms with Crippen molar-refractivity contribution in [1.82, 2.24) is 4.98 Å². The van der Waals surface area contributed by atoms with Crippen LogP contribution < -0.4 is 4.90 Å². The fraction of sp³-hybridized carbons (Fsp3) is 0. The third kappa shape index (κ3) is 2.75. The van der Waals surface area contributed by atoms with Gasteiger partial charge in [0.2, 0.25) is 0 Å². The van der Waals surface area contributed by atoms with Gasteiger partial charge in [0.05, 0.1) is 28.6 Å².